The lowest BCUT2D eigenvalue weighted by molar-refractivity contribution is 0.352. The Bertz CT molecular complexity index is 460. The van der Waals surface area contributed by atoms with Crippen molar-refractivity contribution in [3.05, 3.63) is 29.3 Å². The third-order valence-electron chi connectivity index (χ3n) is 3.33. The van der Waals surface area contributed by atoms with E-state index in [-0.39, 0.29) is 11.3 Å². The molecule has 0 aliphatic carbocycles. The summed E-state index contributed by atoms with van der Waals surface area (Å²) in [5, 5.41) is 8.67. The fourth-order valence-electron chi connectivity index (χ4n) is 2.78. The number of halogens is 2. The lowest BCUT2D eigenvalue weighted by Crippen LogP contribution is -2.39. The summed E-state index contributed by atoms with van der Waals surface area (Å²) < 4.78 is 27.8. The summed E-state index contributed by atoms with van der Waals surface area (Å²) in [6, 6.07) is 3.96. The average molecular weight is 250 g/mol. The van der Waals surface area contributed by atoms with E-state index in [2.05, 4.69) is 13.8 Å². The topological polar surface area (TPSA) is 27.0 Å². The second kappa shape index (κ2) is 4.93. The molecule has 4 heteroatoms. The zero-order valence-electron chi connectivity index (χ0n) is 10.6. The Hall–Kier alpha value is -1.63. The summed E-state index contributed by atoms with van der Waals surface area (Å²) in [4.78, 5) is 1.75. The van der Waals surface area contributed by atoms with Gasteiger partial charge in [-0.05, 0) is 30.4 Å². The number of piperidine rings is 1. The Labute approximate surface area is 106 Å². The molecular formula is C14H16F2N2. The van der Waals surface area contributed by atoms with E-state index in [1.807, 2.05) is 0 Å². The van der Waals surface area contributed by atoms with E-state index in [1.165, 1.54) is 0 Å². The van der Waals surface area contributed by atoms with Gasteiger partial charge in [-0.3, -0.25) is 0 Å². The molecule has 2 unspecified atom stereocenters. The molecule has 2 atom stereocenters. The first-order valence-corrected chi connectivity index (χ1v) is 6.15. The first kappa shape index (κ1) is 12.8. The number of hydrogen-bond acceptors (Lipinski definition) is 2. The molecule has 0 spiro atoms. The third kappa shape index (κ3) is 2.45. The molecule has 1 aromatic rings. The van der Waals surface area contributed by atoms with Gasteiger partial charge in [0.1, 0.15) is 5.69 Å². The van der Waals surface area contributed by atoms with Crippen LogP contribution >= 0.6 is 0 Å². The summed E-state index contributed by atoms with van der Waals surface area (Å²) in [7, 11) is 0. The lowest BCUT2D eigenvalue weighted by atomic mass is 9.91. The standard InChI is InChI=1S/C14H16F2N2/c1-9-3-10(2)8-18(7-9)14-12(15)4-11(6-17)5-13(14)16/h4-5,9-10H,3,7-8H2,1-2H3. The second-order valence-corrected chi connectivity index (χ2v) is 5.25. The van der Waals surface area contributed by atoms with Gasteiger partial charge in [0, 0.05) is 13.1 Å². The zero-order valence-corrected chi connectivity index (χ0v) is 10.6. The van der Waals surface area contributed by atoms with Crippen molar-refractivity contribution in [2.24, 2.45) is 11.8 Å². The Balaban J connectivity index is 2.36. The summed E-state index contributed by atoms with van der Waals surface area (Å²) in [6.07, 6.45) is 1.08. The fraction of sp³-hybridized carbons (Fsp3) is 0.500. The molecule has 1 aliphatic rings. The van der Waals surface area contributed by atoms with Crippen molar-refractivity contribution >= 4 is 5.69 Å². The molecule has 0 amide bonds. The number of rotatable bonds is 1. The second-order valence-electron chi connectivity index (χ2n) is 5.25. The van der Waals surface area contributed by atoms with Crippen LogP contribution < -0.4 is 4.90 Å². The zero-order chi connectivity index (χ0) is 13.3. The Morgan fingerprint density at radius 1 is 1.17 bits per heavy atom. The van der Waals surface area contributed by atoms with Gasteiger partial charge < -0.3 is 4.90 Å². The fourth-order valence-corrected chi connectivity index (χ4v) is 2.78. The molecular weight excluding hydrogens is 234 g/mol. The minimum atomic E-state index is -0.646. The summed E-state index contributed by atoms with van der Waals surface area (Å²) in [5.74, 6) is -0.452. The summed E-state index contributed by atoms with van der Waals surface area (Å²) >= 11 is 0. The number of nitrogens with zero attached hydrogens (tertiary/aromatic N) is 2. The molecule has 0 bridgehead atoms. The van der Waals surface area contributed by atoms with Crippen LogP contribution in [0.15, 0.2) is 12.1 Å². The Morgan fingerprint density at radius 3 is 2.11 bits per heavy atom. The highest BCUT2D eigenvalue weighted by atomic mass is 19.1. The van der Waals surface area contributed by atoms with Crippen molar-refractivity contribution in [3.8, 4) is 6.07 Å². The van der Waals surface area contributed by atoms with Crippen LogP contribution in [0.1, 0.15) is 25.8 Å². The van der Waals surface area contributed by atoms with Gasteiger partial charge in [-0.2, -0.15) is 5.26 Å². The van der Waals surface area contributed by atoms with Gasteiger partial charge in [0.15, 0.2) is 11.6 Å². The van der Waals surface area contributed by atoms with Crippen LogP contribution in [-0.4, -0.2) is 13.1 Å². The number of nitriles is 1. The van der Waals surface area contributed by atoms with E-state index >= 15 is 0 Å². The van der Waals surface area contributed by atoms with E-state index in [1.54, 1.807) is 11.0 Å². The highest BCUT2D eigenvalue weighted by Gasteiger charge is 2.26. The quantitative estimate of drug-likeness (QED) is 0.764. The smallest absolute Gasteiger partial charge is 0.150 e. The largest absolute Gasteiger partial charge is 0.366 e. The van der Waals surface area contributed by atoms with E-state index in [0.717, 1.165) is 18.6 Å². The maximum atomic E-state index is 13.9. The highest BCUT2D eigenvalue weighted by Crippen LogP contribution is 2.30. The molecule has 1 fully saturated rings. The molecule has 0 N–H and O–H groups in total. The third-order valence-corrected chi connectivity index (χ3v) is 3.33. The molecule has 2 nitrogen and oxygen atoms in total. The van der Waals surface area contributed by atoms with E-state index in [0.29, 0.717) is 24.9 Å². The van der Waals surface area contributed by atoms with Crippen molar-refractivity contribution in [1.82, 2.24) is 0 Å². The minimum Gasteiger partial charge on any atom is -0.366 e. The van der Waals surface area contributed by atoms with Crippen molar-refractivity contribution < 1.29 is 8.78 Å². The molecule has 0 radical (unpaired) electrons. The number of anilines is 1. The molecule has 18 heavy (non-hydrogen) atoms. The van der Waals surface area contributed by atoms with E-state index in [4.69, 9.17) is 5.26 Å². The minimum absolute atomic E-state index is 0.00685. The van der Waals surface area contributed by atoms with Gasteiger partial charge in [0.2, 0.25) is 0 Å². The molecule has 2 rings (SSSR count). The van der Waals surface area contributed by atoms with Crippen LogP contribution in [0.3, 0.4) is 0 Å². The molecule has 1 saturated heterocycles. The molecule has 96 valence electrons. The van der Waals surface area contributed by atoms with Crippen molar-refractivity contribution in [3.63, 3.8) is 0 Å². The molecule has 1 heterocycles. The lowest BCUT2D eigenvalue weighted by Gasteiger charge is -2.36. The van der Waals surface area contributed by atoms with E-state index < -0.39 is 11.6 Å². The predicted molar refractivity (Wildman–Crippen MR) is 66.2 cm³/mol. The molecule has 0 saturated carbocycles. The normalized spacial score (nSPS) is 23.8. The maximum absolute atomic E-state index is 13.9. The summed E-state index contributed by atoms with van der Waals surface area (Å²) in [5.41, 5.74) is 0.0271. The van der Waals surface area contributed by atoms with Crippen LogP contribution in [-0.2, 0) is 0 Å². The first-order valence-electron chi connectivity index (χ1n) is 6.15. The van der Waals surface area contributed by atoms with Crippen molar-refractivity contribution in [2.75, 3.05) is 18.0 Å². The van der Waals surface area contributed by atoms with Crippen molar-refractivity contribution in [1.29, 1.82) is 5.26 Å². The van der Waals surface area contributed by atoms with Crippen LogP contribution in [0.2, 0.25) is 0 Å². The molecule has 1 aromatic carbocycles. The SMILES string of the molecule is CC1CC(C)CN(c2c(F)cc(C#N)cc2F)C1. The monoisotopic (exact) mass is 250 g/mol. The first-order chi connectivity index (χ1) is 8.51. The Morgan fingerprint density at radius 2 is 1.67 bits per heavy atom. The van der Waals surface area contributed by atoms with Gasteiger partial charge in [0.05, 0.1) is 11.6 Å². The van der Waals surface area contributed by atoms with Gasteiger partial charge in [-0.15, -0.1) is 0 Å². The van der Waals surface area contributed by atoms with Gasteiger partial charge in [-0.1, -0.05) is 13.8 Å². The maximum Gasteiger partial charge on any atom is 0.150 e. The van der Waals surface area contributed by atoms with Gasteiger partial charge in [-0.25, -0.2) is 8.78 Å². The number of hydrogen-bond donors (Lipinski definition) is 0. The van der Waals surface area contributed by atoms with Crippen LogP contribution in [0.25, 0.3) is 0 Å². The van der Waals surface area contributed by atoms with Crippen LogP contribution in [0, 0.1) is 34.8 Å². The predicted octanol–water partition coefficient (Wildman–Crippen LogP) is 3.32. The van der Waals surface area contributed by atoms with Crippen molar-refractivity contribution in [2.45, 2.75) is 20.3 Å². The van der Waals surface area contributed by atoms with E-state index in [9.17, 15) is 8.78 Å². The average Bonchev–Trinajstić information content (AvgIpc) is 2.26. The number of benzene rings is 1. The summed E-state index contributed by atoms with van der Waals surface area (Å²) in [6.45, 7) is 5.48. The Kier molecular flexibility index (Phi) is 3.51. The van der Waals surface area contributed by atoms with Crippen LogP contribution in [0.4, 0.5) is 14.5 Å². The highest BCUT2D eigenvalue weighted by molar-refractivity contribution is 5.53. The molecule has 0 aromatic heterocycles. The van der Waals surface area contributed by atoms with Gasteiger partial charge in [0.25, 0.3) is 0 Å². The van der Waals surface area contributed by atoms with Crippen LogP contribution in [0.5, 0.6) is 0 Å². The molecule has 1 aliphatic heterocycles. The van der Waals surface area contributed by atoms with Gasteiger partial charge >= 0.3 is 0 Å².